The first kappa shape index (κ1) is 10.8. The van der Waals surface area contributed by atoms with E-state index in [9.17, 15) is 9.18 Å². The van der Waals surface area contributed by atoms with E-state index in [1.54, 1.807) is 22.9 Å². The Labute approximate surface area is 92.4 Å². The summed E-state index contributed by atoms with van der Waals surface area (Å²) in [4.78, 5) is 11.4. The summed E-state index contributed by atoms with van der Waals surface area (Å²) in [6, 6.07) is 6.30. The summed E-state index contributed by atoms with van der Waals surface area (Å²) in [5.74, 6) is -0.280. The number of methoxy groups -OCH3 is 1. The molecule has 0 fully saturated rings. The number of ether oxygens (including phenoxy) is 1. The largest absolute Gasteiger partial charge is 0.377 e. The number of Topliss-reactive ketones (excluding diaryl/α,β-unsaturated/α-hetero) is 1. The van der Waals surface area contributed by atoms with Gasteiger partial charge >= 0.3 is 0 Å². The van der Waals surface area contributed by atoms with E-state index in [-0.39, 0.29) is 24.8 Å². The molecule has 1 aromatic heterocycles. The monoisotopic (exact) mass is 221 g/mol. The molecule has 4 heteroatoms. The van der Waals surface area contributed by atoms with Gasteiger partial charge in [-0.3, -0.25) is 4.79 Å². The van der Waals surface area contributed by atoms with Crippen LogP contribution in [0.4, 0.5) is 4.39 Å². The van der Waals surface area contributed by atoms with Gasteiger partial charge in [-0.2, -0.15) is 0 Å². The second-order valence-electron chi connectivity index (χ2n) is 3.62. The van der Waals surface area contributed by atoms with Crippen molar-refractivity contribution in [2.24, 2.45) is 0 Å². The third-order valence-corrected chi connectivity index (χ3v) is 2.39. The Kier molecular flexibility index (Phi) is 3.01. The highest BCUT2D eigenvalue weighted by atomic mass is 19.1. The number of aromatic nitrogens is 1. The van der Waals surface area contributed by atoms with Gasteiger partial charge in [-0.25, -0.2) is 4.39 Å². The highest BCUT2D eigenvalue weighted by Gasteiger charge is 2.06. The first-order valence-corrected chi connectivity index (χ1v) is 4.96. The van der Waals surface area contributed by atoms with Gasteiger partial charge in [0.2, 0.25) is 0 Å². The van der Waals surface area contributed by atoms with Crippen LogP contribution in [-0.2, 0) is 16.1 Å². The van der Waals surface area contributed by atoms with E-state index in [0.717, 1.165) is 10.9 Å². The van der Waals surface area contributed by atoms with Crippen LogP contribution < -0.4 is 0 Å². The molecular weight excluding hydrogens is 209 g/mol. The van der Waals surface area contributed by atoms with Crippen LogP contribution in [-0.4, -0.2) is 24.1 Å². The third kappa shape index (κ3) is 2.12. The molecule has 16 heavy (non-hydrogen) atoms. The summed E-state index contributed by atoms with van der Waals surface area (Å²) >= 11 is 0. The molecule has 0 aliphatic heterocycles. The highest BCUT2D eigenvalue weighted by Crippen LogP contribution is 2.16. The molecule has 3 nitrogen and oxygen atoms in total. The lowest BCUT2D eigenvalue weighted by Crippen LogP contribution is -2.14. The Morgan fingerprint density at radius 1 is 1.44 bits per heavy atom. The first-order valence-electron chi connectivity index (χ1n) is 4.96. The maximum absolute atomic E-state index is 12.9. The second-order valence-corrected chi connectivity index (χ2v) is 3.62. The number of carbonyl (C=O) groups is 1. The predicted octanol–water partition coefficient (Wildman–Crippen LogP) is 2.00. The number of hydrogen-bond acceptors (Lipinski definition) is 2. The molecule has 0 unspecified atom stereocenters. The smallest absolute Gasteiger partial charge is 0.178 e. The van der Waals surface area contributed by atoms with Gasteiger partial charge in [0.1, 0.15) is 12.4 Å². The van der Waals surface area contributed by atoms with Crippen molar-refractivity contribution in [1.82, 2.24) is 4.57 Å². The number of ketones is 1. The van der Waals surface area contributed by atoms with Crippen molar-refractivity contribution in [3.63, 3.8) is 0 Å². The molecular formula is C12H12FNO2. The number of rotatable bonds is 4. The van der Waals surface area contributed by atoms with Crippen molar-refractivity contribution < 1.29 is 13.9 Å². The van der Waals surface area contributed by atoms with Gasteiger partial charge in [0, 0.05) is 24.2 Å². The van der Waals surface area contributed by atoms with Crippen molar-refractivity contribution in [2.45, 2.75) is 6.54 Å². The number of hydrogen-bond donors (Lipinski definition) is 0. The van der Waals surface area contributed by atoms with Crippen LogP contribution >= 0.6 is 0 Å². The lowest BCUT2D eigenvalue weighted by Gasteiger charge is -2.03. The molecule has 0 spiro atoms. The molecule has 0 radical (unpaired) electrons. The van der Waals surface area contributed by atoms with E-state index in [0.29, 0.717) is 0 Å². The fourth-order valence-electron chi connectivity index (χ4n) is 1.71. The quantitative estimate of drug-likeness (QED) is 0.790. The molecule has 0 aliphatic rings. The van der Waals surface area contributed by atoms with Crippen LogP contribution in [0, 0.1) is 5.82 Å². The van der Waals surface area contributed by atoms with Crippen molar-refractivity contribution in [2.75, 3.05) is 13.7 Å². The Hall–Kier alpha value is -1.68. The van der Waals surface area contributed by atoms with Crippen LogP contribution in [0.3, 0.4) is 0 Å². The van der Waals surface area contributed by atoms with Gasteiger partial charge in [0.25, 0.3) is 0 Å². The average Bonchev–Trinajstić information content (AvgIpc) is 2.61. The fourth-order valence-corrected chi connectivity index (χ4v) is 1.71. The predicted molar refractivity (Wildman–Crippen MR) is 58.8 cm³/mol. The summed E-state index contributed by atoms with van der Waals surface area (Å²) < 4.78 is 19.5. The summed E-state index contributed by atoms with van der Waals surface area (Å²) in [6.07, 6.45) is 1.78. The Balaban J connectivity index is 2.28. The lowest BCUT2D eigenvalue weighted by molar-refractivity contribution is -0.123. The zero-order valence-electron chi connectivity index (χ0n) is 8.94. The summed E-state index contributed by atoms with van der Waals surface area (Å²) in [5, 5.41) is 0.796. The van der Waals surface area contributed by atoms with E-state index in [1.165, 1.54) is 19.2 Å². The van der Waals surface area contributed by atoms with E-state index < -0.39 is 0 Å². The summed E-state index contributed by atoms with van der Waals surface area (Å²) in [7, 11) is 1.49. The van der Waals surface area contributed by atoms with E-state index >= 15 is 0 Å². The van der Waals surface area contributed by atoms with E-state index in [2.05, 4.69) is 0 Å². The number of benzene rings is 1. The molecule has 0 bridgehead atoms. The number of carbonyl (C=O) groups excluding carboxylic acids is 1. The Morgan fingerprint density at radius 3 is 3.00 bits per heavy atom. The second kappa shape index (κ2) is 4.45. The standard InChI is InChI=1S/C12H12FNO2/c1-16-8-11(15)7-14-5-4-9-6-10(13)2-3-12(9)14/h2-6H,7-8H2,1H3. The number of nitrogens with zero attached hydrogens (tertiary/aromatic N) is 1. The molecule has 0 amide bonds. The van der Waals surface area contributed by atoms with Crippen LogP contribution in [0.5, 0.6) is 0 Å². The fraction of sp³-hybridized carbons (Fsp3) is 0.250. The minimum Gasteiger partial charge on any atom is -0.377 e. The summed E-state index contributed by atoms with van der Waals surface area (Å²) in [6.45, 7) is 0.351. The molecule has 0 aliphatic carbocycles. The number of halogens is 1. The molecule has 2 aromatic rings. The molecule has 0 atom stereocenters. The average molecular weight is 221 g/mol. The molecule has 84 valence electrons. The molecule has 0 saturated carbocycles. The van der Waals surface area contributed by atoms with Crippen molar-refractivity contribution in [3.8, 4) is 0 Å². The zero-order chi connectivity index (χ0) is 11.5. The maximum Gasteiger partial charge on any atom is 0.178 e. The lowest BCUT2D eigenvalue weighted by atomic mass is 10.2. The molecule has 1 heterocycles. The van der Waals surface area contributed by atoms with Crippen LogP contribution in [0.25, 0.3) is 10.9 Å². The maximum atomic E-state index is 12.9. The highest BCUT2D eigenvalue weighted by molar-refractivity contribution is 5.84. The topological polar surface area (TPSA) is 31.2 Å². The molecule has 1 aromatic carbocycles. The SMILES string of the molecule is COCC(=O)Cn1ccc2cc(F)ccc21. The van der Waals surface area contributed by atoms with Gasteiger partial charge in [-0.05, 0) is 24.3 Å². The van der Waals surface area contributed by atoms with E-state index in [1.807, 2.05) is 0 Å². The number of fused-ring (bicyclic) bond motifs is 1. The van der Waals surface area contributed by atoms with Crippen molar-refractivity contribution in [3.05, 3.63) is 36.3 Å². The van der Waals surface area contributed by atoms with Crippen LogP contribution in [0.2, 0.25) is 0 Å². The van der Waals surface area contributed by atoms with Gasteiger partial charge < -0.3 is 9.30 Å². The van der Waals surface area contributed by atoms with Gasteiger partial charge in [-0.1, -0.05) is 0 Å². The van der Waals surface area contributed by atoms with Crippen LogP contribution in [0.1, 0.15) is 0 Å². The first-order chi connectivity index (χ1) is 7.70. The molecule has 0 saturated heterocycles. The van der Waals surface area contributed by atoms with E-state index in [4.69, 9.17) is 4.74 Å². The minimum absolute atomic E-state index is 0.00988. The molecule has 0 N–H and O–H groups in total. The van der Waals surface area contributed by atoms with Gasteiger partial charge in [-0.15, -0.1) is 0 Å². The van der Waals surface area contributed by atoms with Crippen molar-refractivity contribution in [1.29, 1.82) is 0 Å². The third-order valence-electron chi connectivity index (χ3n) is 2.39. The van der Waals surface area contributed by atoms with Gasteiger partial charge in [0.05, 0.1) is 6.54 Å². The van der Waals surface area contributed by atoms with Gasteiger partial charge in [0.15, 0.2) is 5.78 Å². The Bertz CT molecular complexity index is 519. The molecule has 2 rings (SSSR count). The van der Waals surface area contributed by atoms with Crippen LogP contribution in [0.15, 0.2) is 30.5 Å². The minimum atomic E-state index is -0.270. The Morgan fingerprint density at radius 2 is 2.25 bits per heavy atom. The zero-order valence-corrected chi connectivity index (χ0v) is 8.94. The summed E-state index contributed by atoms with van der Waals surface area (Å²) in [5.41, 5.74) is 0.853. The normalized spacial score (nSPS) is 10.9. The van der Waals surface area contributed by atoms with Crippen molar-refractivity contribution >= 4 is 16.7 Å².